The average molecular weight is 425 g/mol. The Kier molecular flexibility index (Phi) is 7.89. The maximum atomic E-state index is 12.2. The normalized spacial score (nSPS) is 15.3. The van der Waals surface area contributed by atoms with E-state index in [9.17, 15) is 9.59 Å². The van der Waals surface area contributed by atoms with Crippen molar-refractivity contribution in [2.24, 2.45) is 0 Å². The van der Waals surface area contributed by atoms with Crippen LogP contribution < -0.4 is 25.3 Å². The van der Waals surface area contributed by atoms with E-state index in [1.54, 1.807) is 6.92 Å². The molecule has 1 saturated heterocycles. The van der Waals surface area contributed by atoms with Gasteiger partial charge in [-0.3, -0.25) is 9.59 Å². The summed E-state index contributed by atoms with van der Waals surface area (Å²) in [6.45, 7) is 6.51. The summed E-state index contributed by atoms with van der Waals surface area (Å²) in [4.78, 5) is 29.9. The first kappa shape index (κ1) is 22.6. The number of benzene rings is 2. The molecule has 1 atom stereocenters. The number of hydrogen-bond acceptors (Lipinski definition) is 4. The number of nitrogens with one attached hydrogen (secondary N) is 3. The van der Waals surface area contributed by atoms with E-state index in [4.69, 9.17) is 0 Å². The Morgan fingerprint density at radius 2 is 1.58 bits per heavy atom. The first-order valence-electron chi connectivity index (χ1n) is 11.0. The Balaban J connectivity index is 1.71. The van der Waals surface area contributed by atoms with E-state index in [0.717, 1.165) is 31.9 Å². The molecule has 0 saturated carbocycles. The van der Waals surface area contributed by atoms with Crippen molar-refractivity contribution in [3.8, 4) is 0 Å². The van der Waals surface area contributed by atoms with Crippen molar-refractivity contribution in [2.75, 3.05) is 63.2 Å². The number of likely N-dealkylation sites (N-methyl/N-ethyl adjacent to an activating group) is 1. The third-order valence-electron chi connectivity index (χ3n) is 5.84. The second-order valence-electron chi connectivity index (χ2n) is 8.09. The minimum atomic E-state index is -0.576. The van der Waals surface area contributed by atoms with Crippen LogP contribution in [0.5, 0.6) is 0 Å². The van der Waals surface area contributed by atoms with Crippen molar-refractivity contribution in [3.05, 3.63) is 60.2 Å². The van der Waals surface area contributed by atoms with Crippen LogP contribution >= 0.6 is 0 Å². The molecule has 1 aliphatic heterocycles. The first-order chi connectivity index (χ1) is 15.0. The highest BCUT2D eigenvalue weighted by Crippen LogP contribution is 2.17. The lowest BCUT2D eigenvalue weighted by Crippen LogP contribution is -3.15. The van der Waals surface area contributed by atoms with E-state index < -0.39 is 11.8 Å². The Hall–Kier alpha value is -3.06. The lowest BCUT2D eigenvalue weighted by atomic mass is 10.0. The van der Waals surface area contributed by atoms with E-state index in [1.807, 2.05) is 20.2 Å². The molecule has 1 fully saturated rings. The Labute approximate surface area is 185 Å². The van der Waals surface area contributed by atoms with Crippen molar-refractivity contribution in [2.45, 2.75) is 13.0 Å². The quantitative estimate of drug-likeness (QED) is 0.565. The third-order valence-corrected chi connectivity index (χ3v) is 5.84. The first-order valence-corrected chi connectivity index (χ1v) is 11.0. The number of quaternary nitrogens is 1. The van der Waals surface area contributed by atoms with Gasteiger partial charge in [-0.25, -0.2) is 0 Å². The summed E-state index contributed by atoms with van der Waals surface area (Å²) in [5, 5.41) is 5.41. The molecule has 166 valence electrons. The van der Waals surface area contributed by atoms with Gasteiger partial charge in [0, 0.05) is 37.6 Å². The Morgan fingerprint density at radius 1 is 0.968 bits per heavy atom. The number of hydrogen-bond donors (Lipinski definition) is 3. The zero-order chi connectivity index (χ0) is 22.2. The number of anilines is 2. The second-order valence-corrected chi connectivity index (χ2v) is 8.09. The predicted octanol–water partition coefficient (Wildman–Crippen LogP) is 0.451. The highest BCUT2D eigenvalue weighted by Gasteiger charge is 2.30. The fourth-order valence-corrected chi connectivity index (χ4v) is 4.06. The highest BCUT2D eigenvalue weighted by molar-refractivity contribution is 6.35. The number of nitrogens with zero attached hydrogens (tertiary/aromatic N) is 2. The predicted molar refractivity (Wildman–Crippen MR) is 125 cm³/mol. The van der Waals surface area contributed by atoms with Gasteiger partial charge in [-0.2, -0.15) is 0 Å². The maximum Gasteiger partial charge on any atom is 0.309 e. The van der Waals surface area contributed by atoms with Crippen LogP contribution in [0.1, 0.15) is 18.5 Å². The molecule has 0 unspecified atom stereocenters. The van der Waals surface area contributed by atoms with Crippen LogP contribution in [0.25, 0.3) is 0 Å². The molecule has 1 aliphatic rings. The monoisotopic (exact) mass is 424 g/mol. The van der Waals surface area contributed by atoms with Gasteiger partial charge in [-0.1, -0.05) is 30.3 Å². The molecule has 0 aliphatic carbocycles. The lowest BCUT2D eigenvalue weighted by molar-refractivity contribution is -0.931. The molecule has 0 spiro atoms. The average Bonchev–Trinajstić information content (AvgIpc) is 2.80. The number of para-hydroxylation sites is 1. The molecule has 0 radical (unpaired) electrons. The van der Waals surface area contributed by atoms with E-state index in [2.05, 4.69) is 69.0 Å². The minimum Gasteiger partial charge on any atom is -0.378 e. The zero-order valence-corrected chi connectivity index (χ0v) is 18.7. The van der Waals surface area contributed by atoms with Crippen LogP contribution in [0.4, 0.5) is 11.4 Å². The van der Waals surface area contributed by atoms with Crippen LogP contribution in [0, 0.1) is 0 Å². The van der Waals surface area contributed by atoms with E-state index in [-0.39, 0.29) is 6.04 Å². The second kappa shape index (κ2) is 10.8. The SMILES string of the molecule is CCNC(=O)C(=O)NC[C@@H](c1ccc(N(C)C)cc1)[NH+]1CCN(c2ccccc2)CC1. The van der Waals surface area contributed by atoms with Crippen molar-refractivity contribution < 1.29 is 14.5 Å². The van der Waals surface area contributed by atoms with Gasteiger partial charge in [-0.15, -0.1) is 0 Å². The molecule has 7 heteroatoms. The summed E-state index contributed by atoms with van der Waals surface area (Å²) in [7, 11) is 4.04. The van der Waals surface area contributed by atoms with Crippen molar-refractivity contribution >= 4 is 23.2 Å². The van der Waals surface area contributed by atoms with Gasteiger partial charge in [0.2, 0.25) is 0 Å². The summed E-state index contributed by atoms with van der Waals surface area (Å²) in [5.74, 6) is -1.15. The Morgan fingerprint density at radius 3 is 2.16 bits per heavy atom. The number of amides is 2. The summed E-state index contributed by atoms with van der Waals surface area (Å²) >= 11 is 0. The molecule has 3 rings (SSSR count). The van der Waals surface area contributed by atoms with Gasteiger partial charge >= 0.3 is 11.8 Å². The molecule has 2 amide bonds. The van der Waals surface area contributed by atoms with Crippen LogP contribution in [0.3, 0.4) is 0 Å². The van der Waals surface area contributed by atoms with Crippen LogP contribution in [0.15, 0.2) is 54.6 Å². The molecule has 3 N–H and O–H groups in total. The van der Waals surface area contributed by atoms with Crippen LogP contribution in [-0.2, 0) is 9.59 Å². The van der Waals surface area contributed by atoms with Crippen molar-refractivity contribution in [3.63, 3.8) is 0 Å². The Bertz CT molecular complexity index is 846. The van der Waals surface area contributed by atoms with E-state index >= 15 is 0 Å². The van der Waals surface area contributed by atoms with Gasteiger partial charge in [0.25, 0.3) is 0 Å². The number of carbonyl (C=O) groups excluding carboxylic acids is 2. The summed E-state index contributed by atoms with van der Waals surface area (Å²) in [6.07, 6.45) is 0. The summed E-state index contributed by atoms with van der Waals surface area (Å²) in [5.41, 5.74) is 3.56. The maximum absolute atomic E-state index is 12.2. The largest absolute Gasteiger partial charge is 0.378 e. The van der Waals surface area contributed by atoms with Gasteiger partial charge in [0.1, 0.15) is 6.04 Å². The van der Waals surface area contributed by atoms with Gasteiger partial charge in [-0.05, 0) is 31.2 Å². The van der Waals surface area contributed by atoms with E-state index in [1.165, 1.54) is 16.2 Å². The van der Waals surface area contributed by atoms with Gasteiger partial charge < -0.3 is 25.3 Å². The number of rotatable bonds is 7. The smallest absolute Gasteiger partial charge is 0.309 e. The van der Waals surface area contributed by atoms with E-state index in [0.29, 0.717) is 13.1 Å². The number of carbonyl (C=O) groups is 2. The molecule has 7 nitrogen and oxygen atoms in total. The van der Waals surface area contributed by atoms with Gasteiger partial charge in [0.15, 0.2) is 0 Å². The molecule has 2 aromatic rings. The molecule has 1 heterocycles. The van der Waals surface area contributed by atoms with Crippen LogP contribution in [0.2, 0.25) is 0 Å². The molecule has 0 bridgehead atoms. The fraction of sp³-hybridized carbons (Fsp3) is 0.417. The summed E-state index contributed by atoms with van der Waals surface area (Å²) < 4.78 is 0. The fourth-order valence-electron chi connectivity index (χ4n) is 4.06. The number of piperazine rings is 1. The third kappa shape index (κ3) is 5.98. The highest BCUT2D eigenvalue weighted by atomic mass is 16.2. The molecular formula is C24H34N5O2+. The topological polar surface area (TPSA) is 69.1 Å². The summed E-state index contributed by atoms with van der Waals surface area (Å²) in [6, 6.07) is 19.0. The minimum absolute atomic E-state index is 0.0903. The molecular weight excluding hydrogens is 390 g/mol. The van der Waals surface area contributed by atoms with Gasteiger partial charge in [0.05, 0.1) is 32.7 Å². The molecule has 31 heavy (non-hydrogen) atoms. The lowest BCUT2D eigenvalue weighted by Gasteiger charge is -2.38. The molecule has 2 aromatic carbocycles. The standard InChI is InChI=1S/C24H33N5O2/c1-4-25-23(30)24(31)26-18-22(19-10-12-20(13-11-19)27(2)3)29-16-14-28(15-17-29)21-8-6-5-7-9-21/h5-13,22H,4,14-18H2,1-3H3,(H,25,30)(H,26,31)/p+1/t22-/m0/s1. The molecule has 0 aromatic heterocycles. The van der Waals surface area contributed by atoms with Crippen molar-refractivity contribution in [1.82, 2.24) is 10.6 Å². The zero-order valence-electron chi connectivity index (χ0n) is 18.7. The van der Waals surface area contributed by atoms with Crippen LogP contribution in [-0.4, -0.2) is 65.2 Å². The van der Waals surface area contributed by atoms with Crippen molar-refractivity contribution in [1.29, 1.82) is 0 Å².